The minimum Gasteiger partial charge on any atom is -0.462 e. The molecule has 0 aromatic heterocycles. The highest BCUT2D eigenvalue weighted by atomic mass is 16.5. The lowest BCUT2D eigenvalue weighted by Gasteiger charge is -2.24. The second-order valence-corrected chi connectivity index (χ2v) is 20.1. The Labute approximate surface area is 416 Å². The zero-order valence-electron chi connectivity index (χ0n) is 44.8. The number of carbonyl (C=O) groups excluding carboxylic acids is 2. The fourth-order valence-corrected chi connectivity index (χ4v) is 8.95. The molecule has 3 N–H and O–H groups in total. The van der Waals surface area contributed by atoms with Crippen LogP contribution in [0.5, 0.6) is 0 Å². The molecule has 0 saturated carbocycles. The van der Waals surface area contributed by atoms with Crippen LogP contribution in [-0.4, -0.2) is 46.9 Å². The molecule has 0 aliphatic carbocycles. The summed E-state index contributed by atoms with van der Waals surface area (Å²) in [6, 6.07) is -0.712. The average molecular weight is 941 g/mol. The van der Waals surface area contributed by atoms with Crippen LogP contribution in [0.15, 0.2) is 48.6 Å². The molecule has 0 heterocycles. The molecule has 1 amide bonds. The second-order valence-electron chi connectivity index (χ2n) is 20.1. The summed E-state index contributed by atoms with van der Waals surface area (Å²) in [5.74, 6) is -0.526. The maximum Gasteiger partial charge on any atom is 0.306 e. The van der Waals surface area contributed by atoms with Crippen molar-refractivity contribution in [1.29, 1.82) is 0 Å². The van der Waals surface area contributed by atoms with Crippen LogP contribution < -0.4 is 5.32 Å². The van der Waals surface area contributed by atoms with Crippen molar-refractivity contribution in [3.8, 4) is 0 Å². The second kappa shape index (κ2) is 54.8. The van der Waals surface area contributed by atoms with Gasteiger partial charge in [-0.15, -0.1) is 0 Å². The van der Waals surface area contributed by atoms with Crippen molar-refractivity contribution in [3.05, 3.63) is 48.6 Å². The number of unbranched alkanes of at least 4 members (excludes halogenated alkanes) is 33. The Kier molecular flexibility index (Phi) is 53.0. The number of aliphatic hydroxyl groups excluding tert-OH is 2. The summed E-state index contributed by atoms with van der Waals surface area (Å²) in [4.78, 5) is 26.3. The summed E-state index contributed by atoms with van der Waals surface area (Å²) >= 11 is 0. The van der Waals surface area contributed by atoms with Gasteiger partial charge < -0.3 is 20.3 Å². The van der Waals surface area contributed by atoms with E-state index in [1.807, 2.05) is 0 Å². The number of hydrogen-bond donors (Lipinski definition) is 3. The first kappa shape index (κ1) is 64.8. The van der Waals surface area contributed by atoms with Gasteiger partial charge in [0, 0.05) is 6.42 Å². The maximum atomic E-state index is 13.3. The molecule has 0 spiro atoms. The predicted octanol–water partition coefficient (Wildman–Crippen LogP) is 18.2. The van der Waals surface area contributed by atoms with Crippen LogP contribution >= 0.6 is 0 Å². The van der Waals surface area contributed by atoms with Crippen LogP contribution in [0.4, 0.5) is 0 Å². The Morgan fingerprint density at radius 2 is 0.761 bits per heavy atom. The summed E-state index contributed by atoms with van der Waals surface area (Å²) < 4.78 is 5.94. The summed E-state index contributed by atoms with van der Waals surface area (Å²) in [6.07, 6.45) is 67.5. The molecule has 67 heavy (non-hydrogen) atoms. The molecule has 392 valence electrons. The van der Waals surface area contributed by atoms with Crippen LogP contribution in [0.25, 0.3) is 0 Å². The van der Waals surface area contributed by atoms with E-state index in [1.165, 1.54) is 186 Å². The van der Waals surface area contributed by atoms with Crippen molar-refractivity contribution >= 4 is 11.9 Å². The Morgan fingerprint density at radius 3 is 1.15 bits per heavy atom. The highest BCUT2D eigenvalue weighted by Crippen LogP contribution is 2.19. The first-order valence-corrected chi connectivity index (χ1v) is 29.4. The van der Waals surface area contributed by atoms with Crippen LogP contribution in [-0.2, 0) is 14.3 Å². The molecule has 0 aromatic carbocycles. The number of carbonyl (C=O) groups is 2. The number of ether oxygens (including phenoxy) is 1. The van der Waals surface area contributed by atoms with Crippen molar-refractivity contribution in [2.45, 2.75) is 322 Å². The largest absolute Gasteiger partial charge is 0.462 e. The van der Waals surface area contributed by atoms with Gasteiger partial charge in [0.15, 0.2) is 0 Å². The fourth-order valence-electron chi connectivity index (χ4n) is 8.95. The third-order valence-corrected chi connectivity index (χ3v) is 13.4. The molecule has 6 nitrogen and oxygen atoms in total. The number of allylic oxidation sites excluding steroid dienone is 8. The van der Waals surface area contributed by atoms with Gasteiger partial charge in [-0.05, 0) is 64.2 Å². The van der Waals surface area contributed by atoms with E-state index in [-0.39, 0.29) is 24.9 Å². The highest BCUT2D eigenvalue weighted by molar-refractivity contribution is 5.77. The summed E-state index contributed by atoms with van der Waals surface area (Å²) in [5, 5.41) is 23.9. The van der Waals surface area contributed by atoms with Gasteiger partial charge in [-0.1, -0.05) is 275 Å². The lowest BCUT2D eigenvalue weighted by molar-refractivity contribution is -0.151. The Hall–Kier alpha value is -2.18. The third kappa shape index (κ3) is 50.0. The van der Waals surface area contributed by atoms with Crippen molar-refractivity contribution < 1.29 is 24.5 Å². The predicted molar refractivity (Wildman–Crippen MR) is 292 cm³/mol. The van der Waals surface area contributed by atoms with Gasteiger partial charge in [0.1, 0.15) is 6.10 Å². The summed E-state index contributed by atoms with van der Waals surface area (Å²) in [5.41, 5.74) is 0. The molecule has 6 heteroatoms. The van der Waals surface area contributed by atoms with E-state index < -0.39 is 18.2 Å². The SMILES string of the molecule is CCCCC/C=C\C/C=C\C/C=C\C/C=C\CCCC(=O)OC(CCCCCCCCCCCCCCCC)CC(=O)NC(CO)C(O)CCCCCCCCCCCCCCCCCCC. The third-order valence-electron chi connectivity index (χ3n) is 13.4. The van der Waals surface area contributed by atoms with E-state index >= 15 is 0 Å². The van der Waals surface area contributed by atoms with Gasteiger partial charge in [0.25, 0.3) is 0 Å². The quantitative estimate of drug-likeness (QED) is 0.0321. The molecular weight excluding hydrogens is 827 g/mol. The average Bonchev–Trinajstić information content (AvgIpc) is 3.32. The van der Waals surface area contributed by atoms with E-state index in [9.17, 15) is 19.8 Å². The first-order valence-electron chi connectivity index (χ1n) is 29.4. The minimum absolute atomic E-state index is 0.0592. The molecule has 3 atom stereocenters. The van der Waals surface area contributed by atoms with Crippen molar-refractivity contribution in [3.63, 3.8) is 0 Å². The molecule has 0 aliphatic rings. The van der Waals surface area contributed by atoms with Crippen LogP contribution in [0.1, 0.15) is 303 Å². The first-order chi connectivity index (χ1) is 33.0. The standard InChI is InChI=1S/C61H113NO5/c1-4-7-10-13-16-19-22-25-28-30-32-35-38-41-44-47-50-53-59(64)58(56-63)62-60(65)55-57(52-49-46-43-40-37-34-27-24-21-18-15-12-9-6-3)67-61(66)54-51-48-45-42-39-36-33-31-29-26-23-20-17-14-11-8-5-2/h17,20,26,29,33,36,42,45,57-59,63-64H,4-16,18-19,21-25,27-28,30-32,34-35,37-41,43-44,46-56H2,1-3H3,(H,62,65)/b20-17-,29-26-,36-33-,45-42-. The van der Waals surface area contributed by atoms with Crippen molar-refractivity contribution in [1.82, 2.24) is 5.32 Å². The molecule has 0 rings (SSSR count). The topological polar surface area (TPSA) is 95.9 Å². The van der Waals surface area contributed by atoms with Crippen LogP contribution in [0.2, 0.25) is 0 Å². The van der Waals surface area contributed by atoms with Crippen molar-refractivity contribution in [2.24, 2.45) is 0 Å². The Morgan fingerprint density at radius 1 is 0.433 bits per heavy atom. The van der Waals surface area contributed by atoms with Crippen LogP contribution in [0, 0.1) is 0 Å². The smallest absolute Gasteiger partial charge is 0.306 e. The lowest BCUT2D eigenvalue weighted by atomic mass is 10.0. The normalized spacial score (nSPS) is 13.4. The molecule has 0 fully saturated rings. The van der Waals surface area contributed by atoms with E-state index in [0.717, 1.165) is 64.2 Å². The van der Waals surface area contributed by atoms with Gasteiger partial charge in [0.05, 0.1) is 25.2 Å². The van der Waals surface area contributed by atoms with E-state index in [4.69, 9.17) is 4.74 Å². The number of rotatable bonds is 53. The molecule has 0 bridgehead atoms. The van der Waals surface area contributed by atoms with E-state index in [2.05, 4.69) is 74.7 Å². The van der Waals surface area contributed by atoms with Gasteiger partial charge in [-0.3, -0.25) is 9.59 Å². The molecule has 0 aliphatic heterocycles. The Bertz CT molecular complexity index is 1150. The van der Waals surface area contributed by atoms with E-state index in [0.29, 0.717) is 25.7 Å². The molecule has 3 unspecified atom stereocenters. The Balaban J connectivity index is 4.58. The number of esters is 1. The lowest BCUT2D eigenvalue weighted by Crippen LogP contribution is -2.46. The molecule has 0 radical (unpaired) electrons. The number of aliphatic hydroxyl groups is 2. The maximum absolute atomic E-state index is 13.3. The van der Waals surface area contributed by atoms with Gasteiger partial charge in [-0.25, -0.2) is 0 Å². The summed E-state index contributed by atoms with van der Waals surface area (Å²) in [7, 11) is 0. The van der Waals surface area contributed by atoms with Gasteiger partial charge in [0.2, 0.25) is 5.91 Å². The summed E-state index contributed by atoms with van der Waals surface area (Å²) in [6.45, 7) is 6.48. The highest BCUT2D eigenvalue weighted by Gasteiger charge is 2.24. The molecular formula is C61H113NO5. The van der Waals surface area contributed by atoms with E-state index in [1.54, 1.807) is 0 Å². The van der Waals surface area contributed by atoms with Gasteiger partial charge in [-0.2, -0.15) is 0 Å². The molecule has 0 aromatic rings. The van der Waals surface area contributed by atoms with Gasteiger partial charge >= 0.3 is 5.97 Å². The fraction of sp³-hybridized carbons (Fsp3) is 0.836. The molecule has 0 saturated heterocycles. The van der Waals surface area contributed by atoms with Crippen molar-refractivity contribution in [2.75, 3.05) is 6.61 Å². The zero-order valence-corrected chi connectivity index (χ0v) is 44.8. The number of nitrogens with one attached hydrogen (secondary N) is 1. The van der Waals surface area contributed by atoms with Crippen LogP contribution in [0.3, 0.4) is 0 Å². The zero-order chi connectivity index (χ0) is 48.8. The number of amides is 1. The monoisotopic (exact) mass is 940 g/mol. The number of hydrogen-bond acceptors (Lipinski definition) is 5. The minimum atomic E-state index is -0.796.